The van der Waals surface area contributed by atoms with Crippen LogP contribution < -0.4 is 10.1 Å². The van der Waals surface area contributed by atoms with Crippen molar-refractivity contribution in [1.29, 1.82) is 0 Å². The molecule has 4 rings (SSSR count). The molecule has 0 radical (unpaired) electrons. The first kappa shape index (κ1) is 31.3. The highest BCUT2D eigenvalue weighted by Gasteiger charge is 2.54. The number of hydrogen-bond donors (Lipinski definition) is 2. The smallest absolute Gasteiger partial charge is 0.252 e. The minimum absolute atomic E-state index is 0.0502. The molecule has 8 nitrogen and oxygen atoms in total. The van der Waals surface area contributed by atoms with Crippen molar-refractivity contribution < 1.29 is 28.8 Å². The monoisotopic (exact) mass is 664 g/mol. The van der Waals surface area contributed by atoms with E-state index in [1.54, 1.807) is 30.3 Å². The Balaban J connectivity index is 1.81. The third-order valence-corrected chi connectivity index (χ3v) is 7.98. The highest BCUT2D eigenvalue weighted by molar-refractivity contribution is 9.10. The van der Waals surface area contributed by atoms with E-state index in [-0.39, 0.29) is 31.4 Å². The lowest BCUT2D eigenvalue weighted by Gasteiger charge is -2.32. The standard InChI is InChI=1S/C30H31BrCl2N2O6/c1-38-26(39-2)18-34-29(37)30(17-20-6-3-4-7-24(20)31)27(23-13-10-21(32)16-25(23)33)41-28(35-30)19-8-11-22(12-9-19)40-15-5-14-36/h3-4,6-13,16,26-27,36H,5,14-15,17-18H2,1-2H3,(H,34,37)/t27-,30-/m1/s1. The summed E-state index contributed by atoms with van der Waals surface area (Å²) < 4.78 is 23.6. The number of nitrogens with one attached hydrogen (secondary N) is 1. The van der Waals surface area contributed by atoms with Gasteiger partial charge in [-0.2, -0.15) is 0 Å². The second kappa shape index (κ2) is 14.5. The Bertz CT molecular complexity index is 1370. The molecule has 0 saturated carbocycles. The number of methoxy groups -OCH3 is 2. The molecule has 1 aliphatic rings. The third kappa shape index (κ3) is 7.41. The number of nitrogens with zero attached hydrogens (tertiary/aromatic N) is 1. The van der Waals surface area contributed by atoms with Crippen LogP contribution in [0.1, 0.15) is 29.2 Å². The summed E-state index contributed by atoms with van der Waals surface area (Å²) in [6.45, 7) is 0.535. The number of benzene rings is 3. The largest absolute Gasteiger partial charge is 0.494 e. The maximum atomic E-state index is 14.2. The SMILES string of the molecule is COC(CNC(=O)[C@]1(Cc2ccccc2Br)N=C(c2ccc(OCCCO)cc2)O[C@@H]1c1ccc(Cl)cc1Cl)OC. The van der Waals surface area contributed by atoms with Crippen LogP contribution in [0.25, 0.3) is 0 Å². The van der Waals surface area contributed by atoms with Gasteiger partial charge in [0, 0.05) is 59.3 Å². The van der Waals surface area contributed by atoms with Crippen molar-refractivity contribution in [3.63, 3.8) is 0 Å². The molecule has 2 N–H and O–H groups in total. The molecule has 0 unspecified atom stereocenters. The Morgan fingerprint density at radius 1 is 1.12 bits per heavy atom. The number of carbonyl (C=O) groups excluding carboxylic acids is 1. The summed E-state index contributed by atoms with van der Waals surface area (Å²) in [5, 5.41) is 12.8. The Hall–Kier alpha value is -2.66. The highest BCUT2D eigenvalue weighted by atomic mass is 79.9. The summed E-state index contributed by atoms with van der Waals surface area (Å²) in [7, 11) is 3.00. The third-order valence-electron chi connectivity index (χ3n) is 6.65. The van der Waals surface area contributed by atoms with Gasteiger partial charge in [0.2, 0.25) is 5.90 Å². The number of ether oxygens (including phenoxy) is 4. The Labute approximate surface area is 257 Å². The van der Waals surface area contributed by atoms with E-state index in [1.807, 2.05) is 36.4 Å². The Morgan fingerprint density at radius 3 is 2.51 bits per heavy atom. The first-order valence-corrected chi connectivity index (χ1v) is 14.5. The van der Waals surface area contributed by atoms with E-state index in [1.165, 1.54) is 14.2 Å². The van der Waals surface area contributed by atoms with Crippen LogP contribution in [0, 0.1) is 0 Å². The zero-order valence-electron chi connectivity index (χ0n) is 22.6. The van der Waals surface area contributed by atoms with Gasteiger partial charge in [0.25, 0.3) is 5.91 Å². The number of amides is 1. The maximum Gasteiger partial charge on any atom is 0.252 e. The van der Waals surface area contributed by atoms with E-state index in [2.05, 4.69) is 21.2 Å². The van der Waals surface area contributed by atoms with Crippen LogP contribution in [-0.4, -0.2) is 62.7 Å². The predicted molar refractivity (Wildman–Crippen MR) is 162 cm³/mol. The van der Waals surface area contributed by atoms with E-state index in [0.29, 0.717) is 39.9 Å². The van der Waals surface area contributed by atoms with Crippen molar-refractivity contribution in [1.82, 2.24) is 5.32 Å². The van der Waals surface area contributed by atoms with E-state index >= 15 is 0 Å². The average molecular weight is 666 g/mol. The molecule has 0 bridgehead atoms. The van der Waals surface area contributed by atoms with Crippen LogP contribution in [0.3, 0.4) is 0 Å². The molecule has 0 spiro atoms. The topological polar surface area (TPSA) is 98.6 Å². The predicted octanol–water partition coefficient (Wildman–Crippen LogP) is 5.75. The second-order valence-corrected chi connectivity index (χ2v) is 11.0. The molecule has 1 heterocycles. The molecule has 1 aliphatic heterocycles. The summed E-state index contributed by atoms with van der Waals surface area (Å²) in [6.07, 6.45) is -0.819. The summed E-state index contributed by atoms with van der Waals surface area (Å²) in [4.78, 5) is 19.2. The molecule has 0 saturated heterocycles. The fraction of sp³-hybridized carbons (Fsp3) is 0.333. The molecule has 41 heavy (non-hydrogen) atoms. The molecular weight excluding hydrogens is 635 g/mol. The normalized spacial score (nSPS) is 18.2. The molecular formula is C30H31BrCl2N2O6. The van der Waals surface area contributed by atoms with Crippen LogP contribution >= 0.6 is 39.1 Å². The first-order chi connectivity index (χ1) is 19.8. The molecule has 3 aromatic rings. The Morgan fingerprint density at radius 2 is 1.85 bits per heavy atom. The number of hydrogen-bond acceptors (Lipinski definition) is 7. The van der Waals surface area contributed by atoms with Crippen LogP contribution in [0.4, 0.5) is 0 Å². The molecule has 218 valence electrons. The number of aliphatic imine (C=N–C) groups is 1. The minimum Gasteiger partial charge on any atom is -0.494 e. The summed E-state index contributed by atoms with van der Waals surface area (Å²) in [5.41, 5.74) is 0.618. The van der Waals surface area contributed by atoms with E-state index in [0.717, 1.165) is 10.0 Å². The summed E-state index contributed by atoms with van der Waals surface area (Å²) >= 11 is 16.5. The van der Waals surface area contributed by atoms with Gasteiger partial charge in [0.15, 0.2) is 17.9 Å². The van der Waals surface area contributed by atoms with Crippen molar-refractivity contribution in [2.45, 2.75) is 30.8 Å². The van der Waals surface area contributed by atoms with E-state index in [9.17, 15) is 4.79 Å². The van der Waals surface area contributed by atoms with Crippen LogP contribution in [-0.2, 0) is 25.4 Å². The van der Waals surface area contributed by atoms with Gasteiger partial charge >= 0.3 is 0 Å². The molecule has 11 heteroatoms. The molecule has 1 amide bonds. The van der Waals surface area contributed by atoms with Gasteiger partial charge in [0.1, 0.15) is 5.75 Å². The van der Waals surface area contributed by atoms with E-state index < -0.39 is 17.9 Å². The lowest BCUT2D eigenvalue weighted by molar-refractivity contribution is -0.134. The number of halogens is 3. The van der Waals surface area contributed by atoms with Crippen molar-refractivity contribution >= 4 is 50.9 Å². The second-order valence-electron chi connectivity index (χ2n) is 9.33. The quantitative estimate of drug-likeness (QED) is 0.178. The lowest BCUT2D eigenvalue weighted by atomic mass is 9.82. The van der Waals surface area contributed by atoms with Crippen molar-refractivity contribution in [2.24, 2.45) is 4.99 Å². The van der Waals surface area contributed by atoms with Gasteiger partial charge in [-0.1, -0.05) is 63.4 Å². The van der Waals surface area contributed by atoms with Crippen LogP contribution in [0.2, 0.25) is 10.0 Å². The lowest BCUT2D eigenvalue weighted by Crippen LogP contribution is -2.51. The van der Waals surface area contributed by atoms with Gasteiger partial charge in [-0.15, -0.1) is 0 Å². The highest BCUT2D eigenvalue weighted by Crippen LogP contribution is 2.45. The van der Waals surface area contributed by atoms with Crippen molar-refractivity contribution in [2.75, 3.05) is 34.0 Å². The minimum atomic E-state index is -1.46. The van der Waals surface area contributed by atoms with Gasteiger partial charge in [-0.3, -0.25) is 4.79 Å². The number of aliphatic hydroxyl groups excluding tert-OH is 1. The van der Waals surface area contributed by atoms with Gasteiger partial charge in [-0.05, 0) is 48.0 Å². The van der Waals surface area contributed by atoms with Crippen molar-refractivity contribution in [3.8, 4) is 5.75 Å². The molecule has 2 atom stereocenters. The summed E-state index contributed by atoms with van der Waals surface area (Å²) in [5.74, 6) is 0.531. The molecule has 0 fully saturated rings. The summed E-state index contributed by atoms with van der Waals surface area (Å²) in [6, 6.07) is 19.9. The zero-order chi connectivity index (χ0) is 29.4. The fourth-order valence-electron chi connectivity index (χ4n) is 4.50. The molecule has 0 aromatic heterocycles. The van der Waals surface area contributed by atoms with Crippen molar-refractivity contribution in [3.05, 3.63) is 97.9 Å². The maximum absolute atomic E-state index is 14.2. The fourth-order valence-corrected chi connectivity index (χ4v) is 5.43. The number of carbonyl (C=O) groups is 1. The number of aliphatic hydroxyl groups is 1. The van der Waals surface area contributed by atoms with Crippen LogP contribution in [0.15, 0.2) is 76.2 Å². The molecule has 0 aliphatic carbocycles. The van der Waals surface area contributed by atoms with E-state index in [4.69, 9.17) is 52.2 Å². The average Bonchev–Trinajstić information content (AvgIpc) is 3.35. The number of rotatable bonds is 13. The molecule has 3 aromatic carbocycles. The van der Waals surface area contributed by atoms with Crippen LogP contribution in [0.5, 0.6) is 5.75 Å². The first-order valence-electron chi connectivity index (χ1n) is 12.9. The van der Waals surface area contributed by atoms with Gasteiger partial charge in [0.05, 0.1) is 13.2 Å². The van der Waals surface area contributed by atoms with Gasteiger partial charge in [-0.25, -0.2) is 4.99 Å². The zero-order valence-corrected chi connectivity index (χ0v) is 25.7. The van der Waals surface area contributed by atoms with Gasteiger partial charge < -0.3 is 29.4 Å². The Kier molecular flexibility index (Phi) is 11.1.